The number of esters is 1. The van der Waals surface area contributed by atoms with Crippen molar-refractivity contribution < 1.29 is 9.53 Å². The van der Waals surface area contributed by atoms with Gasteiger partial charge in [0.2, 0.25) is 0 Å². The number of carbonyl (C=O) groups is 1. The molecule has 0 bridgehead atoms. The Morgan fingerprint density at radius 1 is 1.10 bits per heavy atom. The summed E-state index contributed by atoms with van der Waals surface area (Å²) in [5.41, 5.74) is 3.03. The maximum absolute atomic E-state index is 11.4. The van der Waals surface area contributed by atoms with Crippen molar-refractivity contribution in [3.8, 4) is 0 Å². The summed E-state index contributed by atoms with van der Waals surface area (Å²) in [4.78, 5) is 11.4. The van der Waals surface area contributed by atoms with Crippen LogP contribution < -0.4 is 5.32 Å². The minimum Gasteiger partial charge on any atom is -0.465 e. The van der Waals surface area contributed by atoms with E-state index in [1.54, 1.807) is 12.1 Å². The van der Waals surface area contributed by atoms with Crippen molar-refractivity contribution in [2.75, 3.05) is 7.11 Å². The molecular formula is C18H21NO2. The number of carbonyl (C=O) groups excluding carboxylic acids is 1. The van der Waals surface area contributed by atoms with Gasteiger partial charge in [0.05, 0.1) is 12.7 Å². The molecule has 0 heterocycles. The van der Waals surface area contributed by atoms with Crippen LogP contribution in [0.25, 0.3) is 0 Å². The molecule has 0 aliphatic carbocycles. The fraction of sp³-hybridized carbons (Fsp3) is 0.278. The van der Waals surface area contributed by atoms with E-state index >= 15 is 0 Å². The highest BCUT2D eigenvalue weighted by Crippen LogP contribution is 2.17. The Balaban J connectivity index is 1.97. The first-order valence-electron chi connectivity index (χ1n) is 7.20. The molecule has 0 radical (unpaired) electrons. The van der Waals surface area contributed by atoms with Crippen molar-refractivity contribution in [1.82, 2.24) is 5.32 Å². The van der Waals surface area contributed by atoms with Crippen LogP contribution in [0.1, 0.15) is 40.9 Å². The van der Waals surface area contributed by atoms with Gasteiger partial charge in [-0.15, -0.1) is 0 Å². The number of benzene rings is 2. The molecule has 0 aliphatic heterocycles. The normalized spacial score (nSPS) is 11.9. The van der Waals surface area contributed by atoms with E-state index in [-0.39, 0.29) is 5.97 Å². The zero-order valence-electron chi connectivity index (χ0n) is 12.5. The van der Waals surface area contributed by atoms with Crippen LogP contribution in [0.2, 0.25) is 0 Å². The molecule has 2 rings (SSSR count). The van der Waals surface area contributed by atoms with Gasteiger partial charge >= 0.3 is 5.97 Å². The molecule has 21 heavy (non-hydrogen) atoms. The van der Waals surface area contributed by atoms with Crippen LogP contribution in [0.5, 0.6) is 0 Å². The average molecular weight is 283 g/mol. The minimum absolute atomic E-state index is 0.301. The smallest absolute Gasteiger partial charge is 0.337 e. The van der Waals surface area contributed by atoms with Gasteiger partial charge in [-0.1, -0.05) is 49.4 Å². The third-order valence-corrected chi connectivity index (χ3v) is 3.54. The van der Waals surface area contributed by atoms with Gasteiger partial charge < -0.3 is 10.1 Å². The molecule has 0 saturated carbocycles. The van der Waals surface area contributed by atoms with Gasteiger partial charge in [-0.3, -0.25) is 0 Å². The summed E-state index contributed by atoms with van der Waals surface area (Å²) in [6.07, 6.45) is 1.03. The molecule has 3 nitrogen and oxygen atoms in total. The standard InChI is InChI=1S/C18H21NO2/c1-3-17(15-7-5-4-6-8-15)19-13-14-9-11-16(12-10-14)18(20)21-2/h4-12,17,19H,3,13H2,1-2H3. The SMILES string of the molecule is CCC(NCc1ccc(C(=O)OC)cc1)c1ccccc1. The molecule has 0 fully saturated rings. The summed E-state index contributed by atoms with van der Waals surface area (Å²) in [5.74, 6) is -0.301. The first-order chi connectivity index (χ1) is 10.2. The van der Waals surface area contributed by atoms with E-state index in [2.05, 4.69) is 36.5 Å². The highest BCUT2D eigenvalue weighted by atomic mass is 16.5. The monoisotopic (exact) mass is 283 g/mol. The van der Waals surface area contributed by atoms with Crippen molar-refractivity contribution in [1.29, 1.82) is 0 Å². The molecule has 0 amide bonds. The molecule has 2 aromatic rings. The van der Waals surface area contributed by atoms with Gasteiger partial charge in [-0.2, -0.15) is 0 Å². The third kappa shape index (κ3) is 4.17. The van der Waals surface area contributed by atoms with Crippen LogP contribution in [0.15, 0.2) is 54.6 Å². The summed E-state index contributed by atoms with van der Waals surface area (Å²) in [5, 5.41) is 3.55. The van der Waals surface area contributed by atoms with Crippen molar-refractivity contribution >= 4 is 5.97 Å². The number of nitrogens with one attached hydrogen (secondary N) is 1. The third-order valence-electron chi connectivity index (χ3n) is 3.54. The van der Waals surface area contributed by atoms with Gasteiger partial charge in [0, 0.05) is 12.6 Å². The maximum atomic E-state index is 11.4. The molecule has 1 unspecified atom stereocenters. The van der Waals surface area contributed by atoms with E-state index in [0.29, 0.717) is 11.6 Å². The van der Waals surface area contributed by atoms with Crippen LogP contribution in [0, 0.1) is 0 Å². The largest absolute Gasteiger partial charge is 0.465 e. The lowest BCUT2D eigenvalue weighted by atomic mass is 10.0. The lowest BCUT2D eigenvalue weighted by Crippen LogP contribution is -2.20. The van der Waals surface area contributed by atoms with Crippen molar-refractivity contribution in [2.45, 2.75) is 25.9 Å². The van der Waals surface area contributed by atoms with E-state index in [1.165, 1.54) is 12.7 Å². The number of rotatable bonds is 6. The zero-order chi connectivity index (χ0) is 15.1. The second-order valence-electron chi connectivity index (χ2n) is 4.94. The fourth-order valence-electron chi connectivity index (χ4n) is 2.30. The summed E-state index contributed by atoms with van der Waals surface area (Å²) >= 11 is 0. The molecule has 1 N–H and O–H groups in total. The highest BCUT2D eigenvalue weighted by Gasteiger charge is 2.08. The van der Waals surface area contributed by atoms with E-state index in [0.717, 1.165) is 18.5 Å². The van der Waals surface area contributed by atoms with Crippen molar-refractivity contribution in [3.05, 3.63) is 71.3 Å². The predicted molar refractivity (Wildman–Crippen MR) is 84.1 cm³/mol. The van der Waals surface area contributed by atoms with Gasteiger partial charge in [-0.05, 0) is 29.7 Å². The number of hydrogen-bond donors (Lipinski definition) is 1. The minimum atomic E-state index is -0.301. The summed E-state index contributed by atoms with van der Waals surface area (Å²) in [6.45, 7) is 2.94. The molecular weight excluding hydrogens is 262 g/mol. The first-order valence-corrected chi connectivity index (χ1v) is 7.20. The first kappa shape index (κ1) is 15.3. The molecule has 110 valence electrons. The molecule has 0 aromatic heterocycles. The van der Waals surface area contributed by atoms with E-state index in [4.69, 9.17) is 4.74 Å². The maximum Gasteiger partial charge on any atom is 0.337 e. The van der Waals surface area contributed by atoms with Gasteiger partial charge in [-0.25, -0.2) is 4.79 Å². The van der Waals surface area contributed by atoms with Gasteiger partial charge in [0.15, 0.2) is 0 Å². The Morgan fingerprint density at radius 2 is 1.76 bits per heavy atom. The van der Waals surface area contributed by atoms with Crippen LogP contribution in [0.4, 0.5) is 0 Å². The lowest BCUT2D eigenvalue weighted by molar-refractivity contribution is 0.0600. The number of hydrogen-bond acceptors (Lipinski definition) is 3. The molecule has 1 atom stereocenters. The van der Waals surface area contributed by atoms with Gasteiger partial charge in [0.25, 0.3) is 0 Å². The van der Waals surface area contributed by atoms with E-state index in [1.807, 2.05) is 18.2 Å². The van der Waals surface area contributed by atoms with Crippen LogP contribution in [-0.2, 0) is 11.3 Å². The zero-order valence-corrected chi connectivity index (χ0v) is 12.5. The average Bonchev–Trinajstić information content (AvgIpc) is 2.56. The predicted octanol–water partition coefficient (Wildman–Crippen LogP) is 3.71. The summed E-state index contributed by atoms with van der Waals surface area (Å²) in [7, 11) is 1.39. The Morgan fingerprint density at radius 3 is 2.33 bits per heavy atom. The highest BCUT2D eigenvalue weighted by molar-refractivity contribution is 5.89. The van der Waals surface area contributed by atoms with E-state index in [9.17, 15) is 4.79 Å². The van der Waals surface area contributed by atoms with Crippen LogP contribution >= 0.6 is 0 Å². The van der Waals surface area contributed by atoms with Crippen molar-refractivity contribution in [3.63, 3.8) is 0 Å². The van der Waals surface area contributed by atoms with Gasteiger partial charge in [0.1, 0.15) is 0 Å². The Bertz CT molecular complexity index is 564. The van der Waals surface area contributed by atoms with Crippen LogP contribution in [0.3, 0.4) is 0 Å². The van der Waals surface area contributed by atoms with Crippen molar-refractivity contribution in [2.24, 2.45) is 0 Å². The molecule has 3 heteroatoms. The molecule has 2 aromatic carbocycles. The number of ether oxygens (including phenoxy) is 1. The molecule has 0 spiro atoms. The summed E-state index contributed by atoms with van der Waals surface area (Å²) < 4.78 is 4.69. The second kappa shape index (κ2) is 7.60. The quantitative estimate of drug-likeness (QED) is 0.821. The summed E-state index contributed by atoms with van der Waals surface area (Å²) in [6, 6.07) is 18.3. The Kier molecular flexibility index (Phi) is 5.52. The number of methoxy groups -OCH3 is 1. The van der Waals surface area contributed by atoms with Crippen LogP contribution in [-0.4, -0.2) is 13.1 Å². The molecule has 0 aliphatic rings. The van der Waals surface area contributed by atoms with E-state index < -0.39 is 0 Å². The topological polar surface area (TPSA) is 38.3 Å². The Labute approximate surface area is 126 Å². The lowest BCUT2D eigenvalue weighted by Gasteiger charge is -2.17. The fourth-order valence-corrected chi connectivity index (χ4v) is 2.30. The second-order valence-corrected chi connectivity index (χ2v) is 4.94. The Hall–Kier alpha value is -2.13. The molecule has 0 saturated heterocycles.